The number of thiocarbonyl (C=S) groups is 1. The average molecular weight is 394 g/mol. The molecule has 8 heteroatoms. The third kappa shape index (κ3) is 6.20. The molecule has 0 aliphatic heterocycles. The molecular formula is C19H27N3O4S. The third-order valence-corrected chi connectivity index (χ3v) is 4.43. The molecule has 2 rings (SSSR count). The molecule has 0 saturated heterocycles. The molecule has 3 N–H and O–H groups in total. The second-order valence-electron chi connectivity index (χ2n) is 6.03. The van der Waals surface area contributed by atoms with Crippen molar-refractivity contribution in [2.24, 2.45) is 0 Å². The van der Waals surface area contributed by atoms with Gasteiger partial charge in [0.05, 0.1) is 19.8 Å². The van der Waals surface area contributed by atoms with Crippen LogP contribution in [0.25, 0.3) is 10.9 Å². The van der Waals surface area contributed by atoms with E-state index in [9.17, 15) is 9.90 Å². The molecule has 0 spiro atoms. The SMILES string of the molecule is CCOc1ccc2[nH]c(=O)c(CN(CCO)C(=S)NCCCOC)cc2c1. The first-order chi connectivity index (χ1) is 13.1. The van der Waals surface area contributed by atoms with Crippen LogP contribution < -0.4 is 15.6 Å². The monoisotopic (exact) mass is 393 g/mol. The van der Waals surface area contributed by atoms with Crippen LogP contribution in [0.1, 0.15) is 18.9 Å². The number of hydrogen-bond acceptors (Lipinski definition) is 5. The van der Waals surface area contributed by atoms with Crippen molar-refractivity contribution in [3.8, 4) is 5.75 Å². The van der Waals surface area contributed by atoms with Gasteiger partial charge in [-0.15, -0.1) is 0 Å². The van der Waals surface area contributed by atoms with E-state index in [-0.39, 0.29) is 12.2 Å². The van der Waals surface area contributed by atoms with Gasteiger partial charge in [-0.05, 0) is 49.8 Å². The maximum absolute atomic E-state index is 12.4. The molecule has 2 aromatic rings. The molecule has 0 unspecified atom stereocenters. The minimum atomic E-state index is -0.170. The van der Waals surface area contributed by atoms with Gasteiger partial charge in [-0.1, -0.05) is 0 Å². The van der Waals surface area contributed by atoms with E-state index in [0.29, 0.717) is 43.5 Å². The summed E-state index contributed by atoms with van der Waals surface area (Å²) in [5.41, 5.74) is 1.16. The Hall–Kier alpha value is -2.16. The fourth-order valence-electron chi connectivity index (χ4n) is 2.71. The minimum absolute atomic E-state index is 0.0557. The molecule has 1 aromatic heterocycles. The Morgan fingerprint density at radius 1 is 1.37 bits per heavy atom. The van der Waals surface area contributed by atoms with Crippen molar-refractivity contribution in [3.05, 3.63) is 40.2 Å². The van der Waals surface area contributed by atoms with Gasteiger partial charge in [0.2, 0.25) is 0 Å². The fraction of sp³-hybridized carbons (Fsp3) is 0.474. The van der Waals surface area contributed by atoms with Crippen LogP contribution in [0, 0.1) is 0 Å². The number of H-pyrrole nitrogens is 1. The van der Waals surface area contributed by atoms with Gasteiger partial charge in [-0.3, -0.25) is 4.79 Å². The molecule has 0 aliphatic rings. The number of rotatable bonds is 10. The minimum Gasteiger partial charge on any atom is -0.494 e. The lowest BCUT2D eigenvalue weighted by atomic mass is 10.1. The zero-order chi connectivity index (χ0) is 19.6. The summed E-state index contributed by atoms with van der Waals surface area (Å²) in [5, 5.41) is 13.9. The zero-order valence-electron chi connectivity index (χ0n) is 15.8. The number of aliphatic hydroxyl groups is 1. The number of aromatic amines is 1. The summed E-state index contributed by atoms with van der Waals surface area (Å²) in [6.07, 6.45) is 0.820. The zero-order valence-corrected chi connectivity index (χ0v) is 16.6. The smallest absolute Gasteiger partial charge is 0.253 e. The van der Waals surface area contributed by atoms with Crippen LogP contribution in [-0.2, 0) is 11.3 Å². The molecule has 0 saturated carbocycles. The summed E-state index contributed by atoms with van der Waals surface area (Å²) in [7, 11) is 1.65. The number of methoxy groups -OCH3 is 1. The number of aromatic nitrogens is 1. The predicted octanol–water partition coefficient (Wildman–Crippen LogP) is 1.63. The van der Waals surface area contributed by atoms with Crippen LogP contribution in [0.5, 0.6) is 5.75 Å². The lowest BCUT2D eigenvalue weighted by molar-refractivity contribution is 0.195. The number of aliphatic hydroxyl groups excluding tert-OH is 1. The van der Waals surface area contributed by atoms with Gasteiger partial charge in [-0.25, -0.2) is 0 Å². The van der Waals surface area contributed by atoms with Gasteiger partial charge in [-0.2, -0.15) is 0 Å². The molecule has 27 heavy (non-hydrogen) atoms. The predicted molar refractivity (Wildman–Crippen MR) is 110 cm³/mol. The molecule has 0 aliphatic carbocycles. The van der Waals surface area contributed by atoms with Crippen LogP contribution in [0.3, 0.4) is 0 Å². The first-order valence-electron chi connectivity index (χ1n) is 9.00. The van der Waals surface area contributed by atoms with Gasteiger partial charge in [0.25, 0.3) is 5.56 Å². The molecule has 148 valence electrons. The highest BCUT2D eigenvalue weighted by Crippen LogP contribution is 2.19. The topological polar surface area (TPSA) is 86.8 Å². The van der Waals surface area contributed by atoms with E-state index in [1.54, 1.807) is 12.0 Å². The average Bonchev–Trinajstić information content (AvgIpc) is 2.65. The number of benzene rings is 1. The van der Waals surface area contributed by atoms with E-state index in [4.69, 9.17) is 21.7 Å². The van der Waals surface area contributed by atoms with Crippen LogP contribution >= 0.6 is 12.2 Å². The van der Waals surface area contributed by atoms with Crippen molar-refractivity contribution in [2.75, 3.05) is 40.0 Å². The Balaban J connectivity index is 2.17. The highest BCUT2D eigenvalue weighted by Gasteiger charge is 2.13. The first-order valence-corrected chi connectivity index (χ1v) is 9.41. The Morgan fingerprint density at radius 3 is 2.89 bits per heavy atom. The van der Waals surface area contributed by atoms with E-state index in [1.807, 2.05) is 31.2 Å². The summed E-state index contributed by atoms with van der Waals surface area (Å²) < 4.78 is 10.5. The van der Waals surface area contributed by atoms with Gasteiger partial charge in [0, 0.05) is 43.3 Å². The molecular weight excluding hydrogens is 366 g/mol. The standard InChI is InChI=1S/C19H27N3O4S/c1-3-26-16-5-6-17-14(12-16)11-15(18(24)21-17)13-22(8-9-23)19(27)20-7-4-10-25-2/h5-6,11-12,23H,3-4,7-10,13H2,1-2H3,(H,20,27)(H,21,24). The number of hydrogen-bond donors (Lipinski definition) is 3. The molecule has 1 aromatic carbocycles. The Bertz CT molecular complexity index is 809. The molecule has 1 heterocycles. The van der Waals surface area contributed by atoms with Crippen molar-refractivity contribution in [1.82, 2.24) is 15.2 Å². The highest BCUT2D eigenvalue weighted by atomic mass is 32.1. The van der Waals surface area contributed by atoms with Crippen LogP contribution in [0.15, 0.2) is 29.1 Å². The third-order valence-electron chi connectivity index (χ3n) is 4.02. The van der Waals surface area contributed by atoms with E-state index >= 15 is 0 Å². The largest absolute Gasteiger partial charge is 0.494 e. The number of nitrogens with one attached hydrogen (secondary N) is 2. The lowest BCUT2D eigenvalue weighted by Gasteiger charge is -2.25. The summed E-state index contributed by atoms with van der Waals surface area (Å²) in [6.45, 7) is 4.40. The summed E-state index contributed by atoms with van der Waals surface area (Å²) in [6, 6.07) is 7.40. The normalized spacial score (nSPS) is 10.8. The number of fused-ring (bicyclic) bond motifs is 1. The van der Waals surface area contributed by atoms with Crippen LogP contribution in [-0.4, -0.2) is 60.1 Å². The molecule has 0 atom stereocenters. The second kappa shape index (κ2) is 10.9. The first kappa shape index (κ1) is 21.1. The van der Waals surface area contributed by atoms with Crippen molar-refractivity contribution < 1.29 is 14.6 Å². The summed E-state index contributed by atoms with van der Waals surface area (Å²) in [4.78, 5) is 17.1. The van der Waals surface area contributed by atoms with E-state index in [0.717, 1.165) is 23.1 Å². The van der Waals surface area contributed by atoms with Crippen molar-refractivity contribution in [1.29, 1.82) is 0 Å². The summed E-state index contributed by atoms with van der Waals surface area (Å²) >= 11 is 5.41. The molecule has 0 amide bonds. The van der Waals surface area contributed by atoms with E-state index < -0.39 is 0 Å². The maximum atomic E-state index is 12.4. The Kier molecular flexibility index (Phi) is 8.50. The molecule has 7 nitrogen and oxygen atoms in total. The number of pyridine rings is 1. The quantitative estimate of drug-likeness (QED) is 0.418. The Labute approximate surface area is 164 Å². The van der Waals surface area contributed by atoms with Gasteiger partial charge >= 0.3 is 0 Å². The maximum Gasteiger partial charge on any atom is 0.253 e. The molecule has 0 radical (unpaired) electrons. The van der Waals surface area contributed by atoms with Crippen molar-refractivity contribution in [2.45, 2.75) is 19.9 Å². The van der Waals surface area contributed by atoms with Crippen LogP contribution in [0.2, 0.25) is 0 Å². The van der Waals surface area contributed by atoms with Crippen molar-refractivity contribution >= 4 is 28.2 Å². The van der Waals surface area contributed by atoms with Gasteiger partial charge in [0.15, 0.2) is 5.11 Å². The van der Waals surface area contributed by atoms with E-state index in [1.165, 1.54) is 0 Å². The number of ether oxygens (including phenoxy) is 2. The summed E-state index contributed by atoms with van der Waals surface area (Å²) in [5.74, 6) is 0.755. The highest BCUT2D eigenvalue weighted by molar-refractivity contribution is 7.80. The molecule has 0 fully saturated rings. The van der Waals surface area contributed by atoms with Gasteiger partial charge in [0.1, 0.15) is 5.75 Å². The van der Waals surface area contributed by atoms with Crippen LogP contribution in [0.4, 0.5) is 0 Å². The van der Waals surface area contributed by atoms with Gasteiger partial charge < -0.3 is 29.8 Å². The second-order valence-corrected chi connectivity index (χ2v) is 6.42. The number of nitrogens with zero attached hydrogens (tertiary/aromatic N) is 1. The van der Waals surface area contributed by atoms with Crippen molar-refractivity contribution in [3.63, 3.8) is 0 Å². The van der Waals surface area contributed by atoms with E-state index in [2.05, 4.69) is 10.3 Å². The fourth-order valence-corrected chi connectivity index (χ4v) is 2.96. The lowest BCUT2D eigenvalue weighted by Crippen LogP contribution is -2.42. The molecule has 0 bridgehead atoms. The Morgan fingerprint density at radius 2 is 2.19 bits per heavy atom.